The second-order valence-corrected chi connectivity index (χ2v) is 7.12. The minimum Gasteiger partial charge on any atom is -0.508 e. The predicted octanol–water partition coefficient (Wildman–Crippen LogP) is 5.38. The van der Waals surface area contributed by atoms with E-state index >= 15 is 0 Å². The first-order valence-corrected chi connectivity index (χ1v) is 9.36. The number of aromatic hydroxyl groups is 1. The molecule has 4 aromatic rings. The molecule has 0 unspecified atom stereocenters. The average Bonchev–Trinajstić information content (AvgIpc) is 3.19. The Hall–Kier alpha value is -3.73. The summed E-state index contributed by atoms with van der Waals surface area (Å²) < 4.78 is 17.0. The number of benzene rings is 3. The molecular formula is C24H19NO4. The van der Waals surface area contributed by atoms with Crippen LogP contribution >= 0.6 is 0 Å². The fraction of sp³-hybridized carbons (Fsp3) is 0.125. The van der Waals surface area contributed by atoms with Gasteiger partial charge in [-0.25, -0.2) is 4.99 Å². The third kappa shape index (κ3) is 3.21. The highest BCUT2D eigenvalue weighted by Gasteiger charge is 2.15. The van der Waals surface area contributed by atoms with Crippen LogP contribution in [0.15, 0.2) is 70.1 Å². The molecule has 0 aliphatic carbocycles. The van der Waals surface area contributed by atoms with Crippen LogP contribution in [0.2, 0.25) is 0 Å². The highest BCUT2D eigenvalue weighted by Crippen LogP contribution is 2.36. The SMILES string of the molecule is Cc1ccc(N=c2cc(-c3ccc4c(c3)OCO4)oc3ccc(O)cc23)cc1C. The lowest BCUT2D eigenvalue weighted by Crippen LogP contribution is -2.03. The Labute approximate surface area is 167 Å². The third-order valence-electron chi connectivity index (χ3n) is 5.12. The summed E-state index contributed by atoms with van der Waals surface area (Å²) in [6.07, 6.45) is 0. The molecule has 1 aromatic heterocycles. The van der Waals surface area contributed by atoms with E-state index in [2.05, 4.69) is 19.9 Å². The molecule has 5 heteroatoms. The van der Waals surface area contributed by atoms with Crippen molar-refractivity contribution in [1.29, 1.82) is 0 Å². The van der Waals surface area contributed by atoms with Gasteiger partial charge in [-0.05, 0) is 73.5 Å². The molecule has 0 bridgehead atoms. The number of phenolic OH excluding ortho intramolecular Hbond substituents is 1. The quantitative estimate of drug-likeness (QED) is 0.503. The molecular weight excluding hydrogens is 366 g/mol. The van der Waals surface area contributed by atoms with Gasteiger partial charge in [0, 0.05) is 17.0 Å². The van der Waals surface area contributed by atoms with Gasteiger partial charge in [0.25, 0.3) is 0 Å². The van der Waals surface area contributed by atoms with Crippen molar-refractivity contribution in [3.8, 4) is 28.6 Å². The molecule has 0 spiro atoms. The Morgan fingerprint density at radius 2 is 1.69 bits per heavy atom. The summed E-state index contributed by atoms with van der Waals surface area (Å²) in [6, 6.07) is 18.7. The summed E-state index contributed by atoms with van der Waals surface area (Å²) in [5, 5.41) is 11.4. The number of nitrogens with zero attached hydrogens (tertiary/aromatic N) is 1. The van der Waals surface area contributed by atoms with E-state index in [4.69, 9.17) is 18.9 Å². The van der Waals surface area contributed by atoms with E-state index in [1.54, 1.807) is 18.2 Å². The van der Waals surface area contributed by atoms with Gasteiger partial charge in [-0.1, -0.05) is 6.07 Å². The Balaban J connectivity index is 1.74. The van der Waals surface area contributed by atoms with Crippen molar-refractivity contribution in [3.05, 3.63) is 77.1 Å². The maximum Gasteiger partial charge on any atom is 0.231 e. The van der Waals surface area contributed by atoms with Crippen molar-refractivity contribution >= 4 is 16.7 Å². The monoisotopic (exact) mass is 385 g/mol. The van der Waals surface area contributed by atoms with Gasteiger partial charge in [0.1, 0.15) is 17.1 Å². The lowest BCUT2D eigenvalue weighted by atomic mass is 10.1. The first-order chi connectivity index (χ1) is 14.1. The van der Waals surface area contributed by atoms with E-state index in [0.29, 0.717) is 17.1 Å². The smallest absolute Gasteiger partial charge is 0.231 e. The summed E-state index contributed by atoms with van der Waals surface area (Å²) in [7, 11) is 0. The fourth-order valence-corrected chi connectivity index (χ4v) is 3.38. The van der Waals surface area contributed by atoms with Gasteiger partial charge in [-0.2, -0.15) is 0 Å². The first kappa shape index (κ1) is 17.4. The second kappa shape index (κ2) is 6.71. The van der Waals surface area contributed by atoms with Crippen molar-refractivity contribution < 1.29 is 19.0 Å². The zero-order chi connectivity index (χ0) is 20.0. The molecule has 0 atom stereocenters. The van der Waals surface area contributed by atoms with Crippen LogP contribution in [0.4, 0.5) is 5.69 Å². The van der Waals surface area contributed by atoms with E-state index in [1.165, 1.54) is 11.1 Å². The molecule has 0 radical (unpaired) electrons. The largest absolute Gasteiger partial charge is 0.508 e. The van der Waals surface area contributed by atoms with Crippen LogP contribution in [-0.4, -0.2) is 11.9 Å². The molecule has 29 heavy (non-hydrogen) atoms. The molecule has 0 amide bonds. The van der Waals surface area contributed by atoms with Crippen LogP contribution in [0, 0.1) is 13.8 Å². The van der Waals surface area contributed by atoms with E-state index in [1.807, 2.05) is 36.4 Å². The molecule has 5 rings (SSSR count). The Bertz CT molecular complexity index is 1320. The van der Waals surface area contributed by atoms with Gasteiger partial charge in [0.05, 0.1) is 11.0 Å². The minimum atomic E-state index is 0.167. The number of hydrogen-bond acceptors (Lipinski definition) is 5. The van der Waals surface area contributed by atoms with Gasteiger partial charge >= 0.3 is 0 Å². The van der Waals surface area contributed by atoms with Crippen LogP contribution < -0.4 is 14.8 Å². The predicted molar refractivity (Wildman–Crippen MR) is 111 cm³/mol. The van der Waals surface area contributed by atoms with Gasteiger partial charge in [-0.3, -0.25) is 0 Å². The molecule has 1 aliphatic rings. The van der Waals surface area contributed by atoms with Crippen molar-refractivity contribution in [3.63, 3.8) is 0 Å². The highest BCUT2D eigenvalue weighted by atomic mass is 16.7. The van der Waals surface area contributed by atoms with Crippen LogP contribution in [0.5, 0.6) is 17.2 Å². The Kier molecular flexibility index (Phi) is 4.02. The molecule has 0 saturated carbocycles. The van der Waals surface area contributed by atoms with Crippen LogP contribution in [0.25, 0.3) is 22.3 Å². The summed E-state index contributed by atoms with van der Waals surface area (Å²) >= 11 is 0. The Morgan fingerprint density at radius 3 is 2.55 bits per heavy atom. The first-order valence-electron chi connectivity index (χ1n) is 9.36. The fourth-order valence-electron chi connectivity index (χ4n) is 3.38. The van der Waals surface area contributed by atoms with Crippen molar-refractivity contribution in [2.24, 2.45) is 4.99 Å². The number of phenols is 1. The van der Waals surface area contributed by atoms with Gasteiger partial charge in [0.15, 0.2) is 11.5 Å². The van der Waals surface area contributed by atoms with Crippen molar-refractivity contribution in [2.75, 3.05) is 6.79 Å². The Morgan fingerprint density at radius 1 is 0.828 bits per heavy atom. The number of fused-ring (bicyclic) bond motifs is 2. The minimum absolute atomic E-state index is 0.167. The molecule has 5 nitrogen and oxygen atoms in total. The number of rotatable bonds is 2. The number of aryl methyl sites for hydroxylation is 2. The zero-order valence-electron chi connectivity index (χ0n) is 16.1. The van der Waals surface area contributed by atoms with E-state index < -0.39 is 0 Å². The summed E-state index contributed by atoms with van der Waals surface area (Å²) in [5.74, 6) is 2.24. The average molecular weight is 385 g/mol. The van der Waals surface area contributed by atoms with Gasteiger partial charge < -0.3 is 19.0 Å². The van der Waals surface area contributed by atoms with Gasteiger partial charge in [-0.15, -0.1) is 0 Å². The van der Waals surface area contributed by atoms with E-state index in [-0.39, 0.29) is 12.5 Å². The highest BCUT2D eigenvalue weighted by molar-refractivity contribution is 5.80. The molecule has 2 heterocycles. The third-order valence-corrected chi connectivity index (χ3v) is 5.12. The molecule has 144 valence electrons. The van der Waals surface area contributed by atoms with Crippen molar-refractivity contribution in [2.45, 2.75) is 13.8 Å². The maximum absolute atomic E-state index is 9.98. The summed E-state index contributed by atoms with van der Waals surface area (Å²) in [5.41, 5.74) is 4.74. The molecule has 0 saturated heterocycles. The van der Waals surface area contributed by atoms with Crippen molar-refractivity contribution in [1.82, 2.24) is 0 Å². The molecule has 0 fully saturated rings. The van der Waals surface area contributed by atoms with E-state index in [9.17, 15) is 5.11 Å². The second-order valence-electron chi connectivity index (χ2n) is 7.12. The lowest BCUT2D eigenvalue weighted by molar-refractivity contribution is 0.174. The summed E-state index contributed by atoms with van der Waals surface area (Å²) in [6.45, 7) is 4.36. The molecule has 1 N–H and O–H groups in total. The van der Waals surface area contributed by atoms with Crippen LogP contribution in [-0.2, 0) is 0 Å². The maximum atomic E-state index is 9.98. The van der Waals surface area contributed by atoms with Gasteiger partial charge in [0.2, 0.25) is 6.79 Å². The van der Waals surface area contributed by atoms with E-state index in [0.717, 1.165) is 27.7 Å². The zero-order valence-corrected chi connectivity index (χ0v) is 16.1. The standard InChI is InChI=1S/C24H19NO4/c1-14-3-5-17(9-15(14)2)25-20-12-23(29-21-8-6-18(26)11-19(20)21)16-4-7-22-24(10-16)28-13-27-22/h3-12,26H,13H2,1-2H3. The topological polar surface area (TPSA) is 64.2 Å². The number of hydrogen-bond donors (Lipinski definition) is 1. The number of ether oxygens (including phenoxy) is 2. The summed E-state index contributed by atoms with van der Waals surface area (Å²) in [4.78, 5) is 4.84. The lowest BCUT2D eigenvalue weighted by Gasteiger charge is -2.07. The molecule has 3 aromatic carbocycles. The van der Waals surface area contributed by atoms with Crippen LogP contribution in [0.3, 0.4) is 0 Å². The molecule has 1 aliphatic heterocycles. The normalized spacial score (nSPS) is 13.2. The van der Waals surface area contributed by atoms with Crippen LogP contribution in [0.1, 0.15) is 11.1 Å².